The van der Waals surface area contributed by atoms with Gasteiger partial charge in [0.15, 0.2) is 5.82 Å². The van der Waals surface area contributed by atoms with E-state index in [1.165, 1.54) is 0 Å². The van der Waals surface area contributed by atoms with Crippen LogP contribution in [-0.2, 0) is 9.53 Å². The Kier molecular flexibility index (Phi) is 3.01. The van der Waals surface area contributed by atoms with E-state index in [0.717, 1.165) is 13.0 Å². The van der Waals surface area contributed by atoms with Crippen LogP contribution in [0.15, 0.2) is 10.6 Å². The SMILES string of the molecule is Cc1cc(NC(=O)C[C@H]2CCOC2)no1. The number of amides is 1. The van der Waals surface area contributed by atoms with E-state index < -0.39 is 0 Å². The first-order valence-electron chi connectivity index (χ1n) is 5.05. The van der Waals surface area contributed by atoms with Crippen molar-refractivity contribution in [3.63, 3.8) is 0 Å². The van der Waals surface area contributed by atoms with Gasteiger partial charge in [0.25, 0.3) is 0 Å². The van der Waals surface area contributed by atoms with Crippen LogP contribution in [0.25, 0.3) is 0 Å². The van der Waals surface area contributed by atoms with Gasteiger partial charge in [-0.25, -0.2) is 0 Å². The fourth-order valence-electron chi connectivity index (χ4n) is 1.63. The lowest BCUT2D eigenvalue weighted by Gasteiger charge is -2.05. The molecular formula is C10H14N2O3. The number of carbonyl (C=O) groups excluding carboxylic acids is 1. The predicted octanol–water partition coefficient (Wildman–Crippen LogP) is 1.35. The number of carbonyl (C=O) groups is 1. The zero-order valence-electron chi connectivity index (χ0n) is 8.66. The Morgan fingerprint density at radius 1 is 1.73 bits per heavy atom. The average molecular weight is 210 g/mol. The molecule has 1 aromatic rings. The number of anilines is 1. The third kappa shape index (κ3) is 2.79. The van der Waals surface area contributed by atoms with Crippen molar-refractivity contribution in [2.24, 2.45) is 5.92 Å². The quantitative estimate of drug-likeness (QED) is 0.817. The number of hydrogen-bond acceptors (Lipinski definition) is 4. The molecule has 82 valence electrons. The topological polar surface area (TPSA) is 64.4 Å². The van der Waals surface area contributed by atoms with Crippen LogP contribution in [0.1, 0.15) is 18.6 Å². The maximum atomic E-state index is 11.5. The number of aryl methyl sites for hydroxylation is 1. The Balaban J connectivity index is 1.81. The van der Waals surface area contributed by atoms with Gasteiger partial charge in [-0.3, -0.25) is 4.79 Å². The van der Waals surface area contributed by atoms with Gasteiger partial charge in [-0.05, 0) is 19.3 Å². The molecule has 5 nitrogen and oxygen atoms in total. The lowest BCUT2D eigenvalue weighted by atomic mass is 10.1. The Bertz CT molecular complexity index is 342. The minimum Gasteiger partial charge on any atom is -0.381 e. The second kappa shape index (κ2) is 4.44. The summed E-state index contributed by atoms with van der Waals surface area (Å²) in [6, 6.07) is 1.70. The van der Waals surface area contributed by atoms with E-state index in [0.29, 0.717) is 30.5 Å². The van der Waals surface area contributed by atoms with Crippen molar-refractivity contribution < 1.29 is 14.1 Å². The zero-order valence-corrected chi connectivity index (χ0v) is 8.66. The van der Waals surface area contributed by atoms with Gasteiger partial charge in [-0.1, -0.05) is 5.16 Å². The van der Waals surface area contributed by atoms with Gasteiger partial charge in [0.05, 0.1) is 0 Å². The fraction of sp³-hybridized carbons (Fsp3) is 0.600. The third-order valence-corrected chi connectivity index (χ3v) is 2.39. The van der Waals surface area contributed by atoms with Crippen LogP contribution >= 0.6 is 0 Å². The van der Waals surface area contributed by atoms with Gasteiger partial charge in [0.2, 0.25) is 5.91 Å². The van der Waals surface area contributed by atoms with E-state index in [1.54, 1.807) is 13.0 Å². The summed E-state index contributed by atoms with van der Waals surface area (Å²) in [5, 5.41) is 6.38. The summed E-state index contributed by atoms with van der Waals surface area (Å²) in [7, 11) is 0. The minimum atomic E-state index is -0.0289. The molecule has 0 bridgehead atoms. The van der Waals surface area contributed by atoms with Gasteiger partial charge in [0, 0.05) is 25.7 Å². The zero-order chi connectivity index (χ0) is 10.7. The van der Waals surface area contributed by atoms with E-state index >= 15 is 0 Å². The lowest BCUT2D eigenvalue weighted by Crippen LogP contribution is -2.16. The van der Waals surface area contributed by atoms with E-state index in [2.05, 4.69) is 10.5 Å². The number of rotatable bonds is 3. The molecule has 1 saturated heterocycles. The van der Waals surface area contributed by atoms with Crippen LogP contribution in [0.3, 0.4) is 0 Å². The fourth-order valence-corrected chi connectivity index (χ4v) is 1.63. The van der Waals surface area contributed by atoms with Gasteiger partial charge in [-0.2, -0.15) is 0 Å². The number of nitrogens with one attached hydrogen (secondary N) is 1. The molecular weight excluding hydrogens is 196 g/mol. The normalized spacial score (nSPS) is 20.5. The highest BCUT2D eigenvalue weighted by Gasteiger charge is 2.19. The van der Waals surface area contributed by atoms with Crippen molar-refractivity contribution in [3.05, 3.63) is 11.8 Å². The summed E-state index contributed by atoms with van der Waals surface area (Å²) in [6.07, 6.45) is 1.46. The largest absolute Gasteiger partial charge is 0.381 e. The van der Waals surface area contributed by atoms with Gasteiger partial charge >= 0.3 is 0 Å². The average Bonchev–Trinajstić information content (AvgIpc) is 2.77. The van der Waals surface area contributed by atoms with Crippen molar-refractivity contribution in [3.8, 4) is 0 Å². The summed E-state index contributed by atoms with van der Waals surface area (Å²) < 4.78 is 10.0. The molecule has 0 spiro atoms. The first kappa shape index (κ1) is 10.2. The first-order valence-corrected chi connectivity index (χ1v) is 5.05. The predicted molar refractivity (Wildman–Crippen MR) is 53.4 cm³/mol. The Morgan fingerprint density at radius 3 is 3.20 bits per heavy atom. The molecule has 5 heteroatoms. The van der Waals surface area contributed by atoms with Crippen LogP contribution in [0.2, 0.25) is 0 Å². The van der Waals surface area contributed by atoms with Crippen molar-refractivity contribution in [2.75, 3.05) is 18.5 Å². The van der Waals surface area contributed by atoms with Crippen molar-refractivity contribution in [1.29, 1.82) is 0 Å². The maximum absolute atomic E-state index is 11.5. The summed E-state index contributed by atoms with van der Waals surface area (Å²) in [5.41, 5.74) is 0. The molecule has 15 heavy (non-hydrogen) atoms. The molecule has 1 aromatic heterocycles. The van der Waals surface area contributed by atoms with Crippen LogP contribution < -0.4 is 5.32 Å². The number of hydrogen-bond donors (Lipinski definition) is 1. The standard InChI is InChI=1S/C10H14N2O3/c1-7-4-9(12-15-7)11-10(13)5-8-2-3-14-6-8/h4,8H,2-3,5-6H2,1H3,(H,11,12,13)/t8-/m1/s1. The van der Waals surface area contributed by atoms with Crippen molar-refractivity contribution in [1.82, 2.24) is 5.16 Å². The highest BCUT2D eigenvalue weighted by atomic mass is 16.5. The van der Waals surface area contributed by atoms with E-state index in [4.69, 9.17) is 9.26 Å². The molecule has 2 heterocycles. The summed E-state index contributed by atoms with van der Waals surface area (Å²) in [5.74, 6) is 1.49. The van der Waals surface area contributed by atoms with Gasteiger partial charge in [0.1, 0.15) is 5.76 Å². The number of ether oxygens (including phenoxy) is 1. The van der Waals surface area contributed by atoms with Crippen molar-refractivity contribution >= 4 is 11.7 Å². The Hall–Kier alpha value is -1.36. The molecule has 1 amide bonds. The van der Waals surface area contributed by atoms with E-state index in [-0.39, 0.29) is 5.91 Å². The lowest BCUT2D eigenvalue weighted by molar-refractivity contribution is -0.117. The van der Waals surface area contributed by atoms with E-state index in [1.807, 2.05) is 0 Å². The van der Waals surface area contributed by atoms with Crippen LogP contribution in [0.5, 0.6) is 0 Å². The summed E-state index contributed by atoms with van der Waals surface area (Å²) in [4.78, 5) is 11.5. The van der Waals surface area contributed by atoms with E-state index in [9.17, 15) is 4.79 Å². The molecule has 0 aromatic carbocycles. The monoisotopic (exact) mass is 210 g/mol. The van der Waals surface area contributed by atoms with Crippen LogP contribution in [0.4, 0.5) is 5.82 Å². The van der Waals surface area contributed by atoms with Crippen LogP contribution in [0, 0.1) is 12.8 Å². The third-order valence-electron chi connectivity index (χ3n) is 2.39. The summed E-state index contributed by atoms with van der Waals surface area (Å²) in [6.45, 7) is 3.24. The second-order valence-corrected chi connectivity index (χ2v) is 3.80. The molecule has 1 aliphatic rings. The second-order valence-electron chi connectivity index (χ2n) is 3.80. The smallest absolute Gasteiger partial charge is 0.225 e. The molecule has 1 fully saturated rings. The Morgan fingerprint density at radius 2 is 2.60 bits per heavy atom. The molecule has 2 rings (SSSR count). The molecule has 0 saturated carbocycles. The highest BCUT2D eigenvalue weighted by Crippen LogP contribution is 2.17. The number of aromatic nitrogens is 1. The Labute approximate surface area is 87.8 Å². The van der Waals surface area contributed by atoms with Gasteiger partial charge in [-0.15, -0.1) is 0 Å². The molecule has 1 aliphatic heterocycles. The molecule has 0 unspecified atom stereocenters. The maximum Gasteiger partial charge on any atom is 0.225 e. The number of nitrogens with zero attached hydrogens (tertiary/aromatic N) is 1. The minimum absolute atomic E-state index is 0.0289. The first-order chi connectivity index (χ1) is 7.24. The summed E-state index contributed by atoms with van der Waals surface area (Å²) >= 11 is 0. The molecule has 0 aliphatic carbocycles. The molecule has 0 radical (unpaired) electrons. The van der Waals surface area contributed by atoms with Crippen LogP contribution in [-0.4, -0.2) is 24.3 Å². The highest BCUT2D eigenvalue weighted by molar-refractivity contribution is 5.89. The van der Waals surface area contributed by atoms with Gasteiger partial charge < -0.3 is 14.6 Å². The van der Waals surface area contributed by atoms with Crippen molar-refractivity contribution in [2.45, 2.75) is 19.8 Å². The molecule has 1 N–H and O–H groups in total. The molecule has 1 atom stereocenters.